The van der Waals surface area contributed by atoms with E-state index in [1.165, 1.54) is 76.2 Å². The molecular weight excluding hydrogens is 358 g/mol. The number of nitrogens with zero attached hydrogens (tertiary/aromatic N) is 1. The number of hydrogen-bond donors (Lipinski definition) is 2. The highest BCUT2D eigenvalue weighted by molar-refractivity contribution is 5.20. The number of hydrogen-bond acceptors (Lipinski definition) is 3. The standard InChI is InChI=1S/C26H45NO2/c1-3-4-5-6-7-8-9-10-11-12-13-17-20-25(28)26(29)24-21-27(24)22(2)23-18-15-14-16-19-23/h14-16,18-19,22,24-26,28-29H,3-13,17,20-21H2,1-2H3/t22-,24+,25-,26+,27?/m1/s1. The molecule has 2 N–H and O–H groups in total. The van der Waals surface area contributed by atoms with Crippen LogP contribution in [0.5, 0.6) is 0 Å². The lowest BCUT2D eigenvalue weighted by Gasteiger charge is -2.20. The Hall–Kier alpha value is -0.900. The van der Waals surface area contributed by atoms with Crippen molar-refractivity contribution in [2.75, 3.05) is 6.54 Å². The third-order valence-corrected chi connectivity index (χ3v) is 6.61. The van der Waals surface area contributed by atoms with Gasteiger partial charge in [0.25, 0.3) is 0 Å². The zero-order chi connectivity index (χ0) is 20.9. The maximum Gasteiger partial charge on any atom is 0.0966 e. The molecule has 2 rings (SSSR count). The zero-order valence-electron chi connectivity index (χ0n) is 18.9. The lowest BCUT2D eigenvalue weighted by Crippen LogP contribution is -2.33. The van der Waals surface area contributed by atoms with Crippen LogP contribution in [0.2, 0.25) is 0 Å². The van der Waals surface area contributed by atoms with Gasteiger partial charge in [-0.15, -0.1) is 0 Å². The van der Waals surface area contributed by atoms with Crippen molar-refractivity contribution in [3.05, 3.63) is 35.9 Å². The smallest absolute Gasteiger partial charge is 0.0966 e. The number of aliphatic hydroxyl groups excluding tert-OH is 2. The molecule has 166 valence electrons. The summed E-state index contributed by atoms with van der Waals surface area (Å²) in [6.07, 6.45) is 15.4. The summed E-state index contributed by atoms with van der Waals surface area (Å²) in [6.45, 7) is 5.33. The highest BCUT2D eigenvalue weighted by Gasteiger charge is 2.45. The van der Waals surface area contributed by atoms with Crippen molar-refractivity contribution >= 4 is 0 Å². The van der Waals surface area contributed by atoms with Gasteiger partial charge in [0, 0.05) is 12.6 Å². The highest BCUT2D eigenvalue weighted by atomic mass is 16.3. The van der Waals surface area contributed by atoms with Gasteiger partial charge in [-0.05, 0) is 18.9 Å². The van der Waals surface area contributed by atoms with Crippen LogP contribution in [0.25, 0.3) is 0 Å². The third-order valence-electron chi connectivity index (χ3n) is 6.61. The van der Waals surface area contributed by atoms with Crippen molar-refractivity contribution in [1.82, 2.24) is 4.90 Å². The molecule has 0 aromatic heterocycles. The van der Waals surface area contributed by atoms with Gasteiger partial charge in [-0.3, -0.25) is 4.90 Å². The first-order chi connectivity index (χ1) is 14.1. The topological polar surface area (TPSA) is 43.5 Å². The van der Waals surface area contributed by atoms with Gasteiger partial charge in [0.1, 0.15) is 0 Å². The molecular formula is C26H45NO2. The monoisotopic (exact) mass is 403 g/mol. The van der Waals surface area contributed by atoms with Crippen molar-refractivity contribution < 1.29 is 10.2 Å². The van der Waals surface area contributed by atoms with E-state index in [4.69, 9.17) is 0 Å². The Morgan fingerprint density at radius 2 is 1.34 bits per heavy atom. The molecule has 1 aromatic rings. The number of rotatable bonds is 17. The van der Waals surface area contributed by atoms with Crippen LogP contribution in [0.4, 0.5) is 0 Å². The second kappa shape index (κ2) is 14.2. The lowest BCUT2D eigenvalue weighted by atomic mass is 10.0. The molecule has 0 amide bonds. The maximum absolute atomic E-state index is 10.5. The average Bonchev–Trinajstić information content (AvgIpc) is 3.54. The first-order valence-electron chi connectivity index (χ1n) is 12.3. The van der Waals surface area contributed by atoms with Crippen LogP contribution in [-0.4, -0.2) is 39.9 Å². The molecule has 3 heteroatoms. The Balaban J connectivity index is 1.46. The zero-order valence-corrected chi connectivity index (χ0v) is 18.9. The lowest BCUT2D eigenvalue weighted by molar-refractivity contribution is 0.00393. The molecule has 3 nitrogen and oxygen atoms in total. The van der Waals surface area contributed by atoms with E-state index in [1.807, 2.05) is 6.07 Å². The number of unbranched alkanes of at least 4 members (excludes halogenated alkanes) is 11. The fourth-order valence-electron chi connectivity index (χ4n) is 4.46. The van der Waals surface area contributed by atoms with E-state index in [1.54, 1.807) is 0 Å². The molecule has 1 aromatic carbocycles. The van der Waals surface area contributed by atoms with Gasteiger partial charge in [0.2, 0.25) is 0 Å². The molecule has 1 unspecified atom stereocenters. The number of benzene rings is 1. The maximum atomic E-state index is 10.5. The Morgan fingerprint density at radius 3 is 1.90 bits per heavy atom. The fraction of sp³-hybridized carbons (Fsp3) is 0.769. The molecule has 1 aliphatic rings. The Kier molecular flexibility index (Phi) is 11.9. The fourth-order valence-corrected chi connectivity index (χ4v) is 4.46. The minimum Gasteiger partial charge on any atom is -0.390 e. The molecule has 1 fully saturated rings. The van der Waals surface area contributed by atoms with Crippen molar-refractivity contribution in [3.8, 4) is 0 Å². The first-order valence-corrected chi connectivity index (χ1v) is 12.3. The van der Waals surface area contributed by atoms with E-state index >= 15 is 0 Å². The summed E-state index contributed by atoms with van der Waals surface area (Å²) in [7, 11) is 0. The molecule has 0 radical (unpaired) electrons. The molecule has 0 saturated carbocycles. The summed E-state index contributed by atoms with van der Waals surface area (Å²) >= 11 is 0. The molecule has 0 spiro atoms. The van der Waals surface area contributed by atoms with E-state index in [2.05, 4.69) is 43.0 Å². The summed E-state index contributed by atoms with van der Waals surface area (Å²) in [5.41, 5.74) is 1.28. The van der Waals surface area contributed by atoms with Crippen molar-refractivity contribution in [1.29, 1.82) is 0 Å². The summed E-state index contributed by atoms with van der Waals surface area (Å²) in [6, 6.07) is 10.8. The second-order valence-corrected chi connectivity index (χ2v) is 9.09. The van der Waals surface area contributed by atoms with Crippen LogP contribution in [-0.2, 0) is 0 Å². The van der Waals surface area contributed by atoms with Gasteiger partial charge in [-0.25, -0.2) is 0 Å². The normalized spacial score (nSPS) is 21.7. The van der Waals surface area contributed by atoms with Crippen molar-refractivity contribution in [3.63, 3.8) is 0 Å². The molecule has 1 heterocycles. The Labute approximate surface area is 179 Å². The van der Waals surface area contributed by atoms with Gasteiger partial charge in [0.05, 0.1) is 18.2 Å². The Morgan fingerprint density at radius 1 is 0.828 bits per heavy atom. The van der Waals surface area contributed by atoms with Crippen LogP contribution in [0.1, 0.15) is 109 Å². The minimum absolute atomic E-state index is 0.109. The SMILES string of the molecule is CCCCCCCCCCCCCC[C@@H](O)[C@@H](O)[C@@H]1CN1[C@H](C)c1ccccc1. The van der Waals surface area contributed by atoms with Gasteiger partial charge >= 0.3 is 0 Å². The van der Waals surface area contributed by atoms with Crippen LogP contribution in [0, 0.1) is 0 Å². The minimum atomic E-state index is -0.617. The van der Waals surface area contributed by atoms with Gasteiger partial charge in [-0.2, -0.15) is 0 Å². The quantitative estimate of drug-likeness (QED) is 0.239. The second-order valence-electron chi connectivity index (χ2n) is 9.09. The van der Waals surface area contributed by atoms with E-state index in [0.717, 1.165) is 19.4 Å². The molecule has 29 heavy (non-hydrogen) atoms. The van der Waals surface area contributed by atoms with E-state index in [9.17, 15) is 10.2 Å². The average molecular weight is 404 g/mol. The predicted molar refractivity (Wildman–Crippen MR) is 123 cm³/mol. The van der Waals surface area contributed by atoms with Crippen molar-refractivity contribution in [2.45, 2.75) is 122 Å². The van der Waals surface area contributed by atoms with Gasteiger partial charge < -0.3 is 10.2 Å². The third kappa shape index (κ3) is 9.19. The molecule has 1 saturated heterocycles. The van der Waals surface area contributed by atoms with Gasteiger partial charge in [0.15, 0.2) is 0 Å². The van der Waals surface area contributed by atoms with E-state index in [0.29, 0.717) is 6.04 Å². The van der Waals surface area contributed by atoms with Crippen LogP contribution in [0.15, 0.2) is 30.3 Å². The summed E-state index contributed by atoms with van der Waals surface area (Å²) in [4.78, 5) is 2.28. The van der Waals surface area contributed by atoms with Gasteiger partial charge in [-0.1, -0.05) is 114 Å². The summed E-state index contributed by atoms with van der Waals surface area (Å²) < 4.78 is 0. The molecule has 0 aliphatic carbocycles. The summed E-state index contributed by atoms with van der Waals surface area (Å²) in [5.74, 6) is 0. The molecule has 0 bridgehead atoms. The van der Waals surface area contributed by atoms with E-state index < -0.39 is 12.2 Å². The van der Waals surface area contributed by atoms with Crippen molar-refractivity contribution in [2.24, 2.45) is 0 Å². The largest absolute Gasteiger partial charge is 0.390 e. The molecule has 5 atom stereocenters. The highest BCUT2D eigenvalue weighted by Crippen LogP contribution is 2.34. The van der Waals surface area contributed by atoms with Crippen LogP contribution >= 0.6 is 0 Å². The summed E-state index contributed by atoms with van der Waals surface area (Å²) in [5, 5.41) is 20.9. The predicted octanol–water partition coefficient (Wildman–Crippen LogP) is 6.24. The van der Waals surface area contributed by atoms with Crippen LogP contribution < -0.4 is 0 Å². The number of aliphatic hydroxyl groups is 2. The Bertz CT molecular complexity index is 521. The van der Waals surface area contributed by atoms with Crippen LogP contribution in [0.3, 0.4) is 0 Å². The molecule has 1 aliphatic heterocycles. The van der Waals surface area contributed by atoms with E-state index in [-0.39, 0.29) is 6.04 Å². The first kappa shape index (κ1) is 24.4.